The van der Waals surface area contributed by atoms with Crippen LogP contribution in [0.2, 0.25) is 0 Å². The predicted octanol–water partition coefficient (Wildman–Crippen LogP) is 3.68. The Balaban J connectivity index is 2.04. The van der Waals surface area contributed by atoms with Crippen molar-refractivity contribution in [2.45, 2.75) is 13.1 Å². The highest BCUT2D eigenvalue weighted by Crippen LogP contribution is 2.43. The second-order valence-corrected chi connectivity index (χ2v) is 7.29. The van der Waals surface area contributed by atoms with E-state index in [1.165, 1.54) is 4.88 Å². The van der Waals surface area contributed by atoms with Crippen LogP contribution in [0, 0.1) is 0 Å². The molecule has 0 fully saturated rings. The average Bonchev–Trinajstić information content (AvgIpc) is 3.19. The van der Waals surface area contributed by atoms with Crippen molar-refractivity contribution < 1.29 is 14.2 Å². The molecule has 0 spiro atoms. The van der Waals surface area contributed by atoms with Crippen LogP contribution < -0.4 is 24.4 Å². The van der Waals surface area contributed by atoms with Gasteiger partial charge < -0.3 is 24.4 Å². The topological polar surface area (TPSA) is 55.9 Å². The molecule has 0 saturated heterocycles. The van der Waals surface area contributed by atoms with E-state index in [0.717, 1.165) is 28.8 Å². The third-order valence-corrected chi connectivity index (χ3v) is 5.17. The largest absolute Gasteiger partial charge is 0.493 e. The molecule has 7 heteroatoms. The zero-order valence-corrected chi connectivity index (χ0v) is 17.1. The molecule has 0 atom stereocenters. The Morgan fingerprint density at radius 2 is 1.81 bits per heavy atom. The first-order chi connectivity index (χ1) is 13.1. The van der Waals surface area contributed by atoms with Crippen LogP contribution in [0.1, 0.15) is 10.4 Å². The van der Waals surface area contributed by atoms with Gasteiger partial charge in [0.05, 0.1) is 26.8 Å². The maximum Gasteiger partial charge on any atom is 0.204 e. The molecule has 0 amide bonds. The maximum absolute atomic E-state index is 5.63. The summed E-state index contributed by atoms with van der Waals surface area (Å²) >= 11 is 1.75. The van der Waals surface area contributed by atoms with Gasteiger partial charge in [-0.15, -0.1) is 11.3 Å². The number of benzene rings is 1. The molecule has 0 saturated carbocycles. The summed E-state index contributed by atoms with van der Waals surface area (Å²) in [6, 6.07) is 8.19. The van der Waals surface area contributed by atoms with E-state index in [-0.39, 0.29) is 0 Å². The summed E-state index contributed by atoms with van der Waals surface area (Å²) in [5.41, 5.74) is 1.89. The maximum atomic E-state index is 5.63. The first-order valence-electron chi connectivity index (χ1n) is 8.62. The van der Waals surface area contributed by atoms with E-state index < -0.39 is 0 Å². The molecule has 1 N–H and O–H groups in total. The van der Waals surface area contributed by atoms with Gasteiger partial charge >= 0.3 is 0 Å². The van der Waals surface area contributed by atoms with Crippen molar-refractivity contribution in [2.24, 2.45) is 0 Å². The smallest absolute Gasteiger partial charge is 0.204 e. The predicted molar refractivity (Wildman–Crippen MR) is 111 cm³/mol. The summed E-state index contributed by atoms with van der Waals surface area (Å²) in [5.74, 6) is 2.71. The number of hydrogen-bond acceptors (Lipinski definition) is 7. The molecule has 0 bridgehead atoms. The van der Waals surface area contributed by atoms with Crippen molar-refractivity contribution in [3.8, 4) is 17.2 Å². The molecule has 3 rings (SSSR count). The van der Waals surface area contributed by atoms with Crippen molar-refractivity contribution in [3.05, 3.63) is 40.1 Å². The van der Waals surface area contributed by atoms with Crippen LogP contribution in [0.15, 0.2) is 29.6 Å². The first kappa shape index (κ1) is 19.3. The standard InChI is InChI=1S/C20H25N3O3S/c1-23(2)20-13(11-21-12-14-7-6-8-27-14)9-15-16(22-20)10-17(24-3)19(26-5)18(15)25-4/h6-10,21H,11-12H2,1-5H3. The summed E-state index contributed by atoms with van der Waals surface area (Å²) < 4.78 is 16.6. The lowest BCUT2D eigenvalue weighted by Crippen LogP contribution is -2.18. The summed E-state index contributed by atoms with van der Waals surface area (Å²) in [4.78, 5) is 8.18. The highest BCUT2D eigenvalue weighted by atomic mass is 32.1. The Morgan fingerprint density at radius 1 is 1.04 bits per heavy atom. The third kappa shape index (κ3) is 3.94. The number of ether oxygens (including phenoxy) is 3. The van der Waals surface area contributed by atoms with Gasteiger partial charge in [0.2, 0.25) is 5.75 Å². The number of nitrogens with one attached hydrogen (secondary N) is 1. The molecule has 6 nitrogen and oxygen atoms in total. The monoisotopic (exact) mass is 387 g/mol. The van der Waals surface area contributed by atoms with Gasteiger partial charge in [-0.25, -0.2) is 4.98 Å². The summed E-state index contributed by atoms with van der Waals surface area (Å²) in [7, 11) is 8.84. The molecule has 0 aliphatic carbocycles. The van der Waals surface area contributed by atoms with E-state index in [9.17, 15) is 0 Å². The first-order valence-corrected chi connectivity index (χ1v) is 9.50. The van der Waals surface area contributed by atoms with Crippen LogP contribution in [0.3, 0.4) is 0 Å². The van der Waals surface area contributed by atoms with Crippen molar-refractivity contribution in [1.82, 2.24) is 10.3 Å². The fraction of sp³-hybridized carbons (Fsp3) is 0.350. The molecule has 2 heterocycles. The van der Waals surface area contributed by atoms with E-state index in [4.69, 9.17) is 19.2 Å². The molecule has 0 aliphatic rings. The number of thiophene rings is 1. The molecular formula is C20H25N3O3S. The molecule has 27 heavy (non-hydrogen) atoms. The molecule has 0 radical (unpaired) electrons. The number of fused-ring (bicyclic) bond motifs is 1. The van der Waals surface area contributed by atoms with E-state index in [0.29, 0.717) is 23.8 Å². The van der Waals surface area contributed by atoms with Gasteiger partial charge in [0, 0.05) is 49.1 Å². The van der Waals surface area contributed by atoms with Crippen LogP contribution in [-0.4, -0.2) is 40.4 Å². The van der Waals surface area contributed by atoms with E-state index in [1.807, 2.05) is 25.1 Å². The van der Waals surface area contributed by atoms with Crippen molar-refractivity contribution in [2.75, 3.05) is 40.3 Å². The third-order valence-electron chi connectivity index (χ3n) is 4.30. The SMILES string of the molecule is COc1cc2nc(N(C)C)c(CNCc3cccs3)cc2c(OC)c1OC. The summed E-state index contributed by atoms with van der Waals surface area (Å²) in [6.45, 7) is 1.53. The van der Waals surface area contributed by atoms with Crippen molar-refractivity contribution in [3.63, 3.8) is 0 Å². The van der Waals surface area contributed by atoms with Gasteiger partial charge in [-0.05, 0) is 17.5 Å². The molecule has 0 aliphatic heterocycles. The quantitative estimate of drug-likeness (QED) is 0.636. The minimum atomic E-state index is 0.574. The van der Waals surface area contributed by atoms with Crippen LogP contribution in [0.25, 0.3) is 10.9 Å². The van der Waals surface area contributed by atoms with E-state index in [2.05, 4.69) is 28.9 Å². The Kier molecular flexibility index (Phi) is 6.03. The van der Waals surface area contributed by atoms with Gasteiger partial charge in [-0.2, -0.15) is 0 Å². The molecule has 144 valence electrons. The van der Waals surface area contributed by atoms with Crippen LogP contribution in [0.5, 0.6) is 17.2 Å². The van der Waals surface area contributed by atoms with Gasteiger partial charge in [0.15, 0.2) is 11.5 Å². The molecular weight excluding hydrogens is 362 g/mol. The molecule has 0 unspecified atom stereocenters. The highest BCUT2D eigenvalue weighted by molar-refractivity contribution is 7.09. The van der Waals surface area contributed by atoms with Gasteiger partial charge in [-0.1, -0.05) is 6.07 Å². The Bertz CT molecular complexity index is 911. The Hall–Kier alpha value is -2.51. The van der Waals surface area contributed by atoms with Crippen LogP contribution in [0.4, 0.5) is 5.82 Å². The highest BCUT2D eigenvalue weighted by Gasteiger charge is 2.19. The van der Waals surface area contributed by atoms with Crippen LogP contribution in [-0.2, 0) is 13.1 Å². The summed E-state index contributed by atoms with van der Waals surface area (Å²) in [6.07, 6.45) is 0. The minimum Gasteiger partial charge on any atom is -0.493 e. The number of nitrogens with zero attached hydrogens (tertiary/aromatic N) is 2. The number of rotatable bonds is 8. The Labute approximate surface area is 163 Å². The van der Waals surface area contributed by atoms with Gasteiger partial charge in [0.25, 0.3) is 0 Å². The number of methoxy groups -OCH3 is 3. The summed E-state index contributed by atoms with van der Waals surface area (Å²) in [5, 5.41) is 6.48. The number of pyridine rings is 1. The normalized spacial score (nSPS) is 10.9. The zero-order valence-electron chi connectivity index (χ0n) is 16.3. The van der Waals surface area contributed by atoms with Crippen LogP contribution >= 0.6 is 11.3 Å². The average molecular weight is 388 g/mol. The lowest BCUT2D eigenvalue weighted by molar-refractivity contribution is 0.327. The van der Waals surface area contributed by atoms with Gasteiger partial charge in [-0.3, -0.25) is 0 Å². The fourth-order valence-electron chi connectivity index (χ4n) is 3.07. The molecule has 1 aromatic carbocycles. The molecule has 3 aromatic rings. The van der Waals surface area contributed by atoms with Crippen molar-refractivity contribution >= 4 is 28.1 Å². The number of anilines is 1. The lowest BCUT2D eigenvalue weighted by Gasteiger charge is -2.20. The number of hydrogen-bond donors (Lipinski definition) is 1. The molecule has 2 aromatic heterocycles. The van der Waals surface area contributed by atoms with E-state index in [1.54, 1.807) is 32.7 Å². The lowest BCUT2D eigenvalue weighted by atomic mass is 10.1. The minimum absolute atomic E-state index is 0.574. The van der Waals surface area contributed by atoms with Gasteiger partial charge in [0.1, 0.15) is 5.82 Å². The second kappa shape index (κ2) is 8.45. The zero-order chi connectivity index (χ0) is 19.4. The second-order valence-electron chi connectivity index (χ2n) is 6.26. The van der Waals surface area contributed by atoms with E-state index >= 15 is 0 Å². The van der Waals surface area contributed by atoms with Crippen molar-refractivity contribution in [1.29, 1.82) is 0 Å². The Morgan fingerprint density at radius 3 is 2.41 bits per heavy atom. The number of aromatic nitrogens is 1. The fourth-order valence-corrected chi connectivity index (χ4v) is 3.75.